The highest BCUT2D eigenvalue weighted by atomic mass is 127. The van der Waals surface area contributed by atoms with Gasteiger partial charge in [-0.25, -0.2) is 0 Å². The Balaban J connectivity index is 2.72. The van der Waals surface area contributed by atoms with Gasteiger partial charge in [0, 0.05) is 3.57 Å². The fourth-order valence-electron chi connectivity index (χ4n) is 0.935. The Morgan fingerprint density at radius 2 is 2.43 bits per heavy atom. The standard InChI is InChI=1S/C9H10INO3/c1-2-14-9(13)4-8-7(10)3-6(12)5-11-8/h3,5,12H,2,4H2,1H3. The molecule has 4 nitrogen and oxygen atoms in total. The Bertz CT molecular complexity index is 341. The van der Waals surface area contributed by atoms with Crippen molar-refractivity contribution in [3.05, 3.63) is 21.5 Å². The van der Waals surface area contributed by atoms with Gasteiger partial charge >= 0.3 is 5.97 Å². The molecule has 0 saturated heterocycles. The van der Waals surface area contributed by atoms with E-state index in [4.69, 9.17) is 9.84 Å². The van der Waals surface area contributed by atoms with E-state index in [0.29, 0.717) is 12.3 Å². The van der Waals surface area contributed by atoms with Gasteiger partial charge < -0.3 is 9.84 Å². The Morgan fingerprint density at radius 3 is 3.00 bits per heavy atom. The van der Waals surface area contributed by atoms with Crippen LogP contribution in [0.25, 0.3) is 0 Å². The first-order valence-corrected chi connectivity index (χ1v) is 5.20. The Labute approximate surface area is 95.4 Å². The van der Waals surface area contributed by atoms with Crippen LogP contribution in [0.4, 0.5) is 0 Å². The molecule has 1 heterocycles. The summed E-state index contributed by atoms with van der Waals surface area (Å²) in [6.45, 7) is 2.13. The van der Waals surface area contributed by atoms with E-state index in [-0.39, 0.29) is 18.1 Å². The van der Waals surface area contributed by atoms with Gasteiger partial charge in [-0.2, -0.15) is 0 Å². The van der Waals surface area contributed by atoms with E-state index in [2.05, 4.69) is 4.98 Å². The molecule has 14 heavy (non-hydrogen) atoms. The highest BCUT2D eigenvalue weighted by molar-refractivity contribution is 14.1. The number of carbonyl (C=O) groups excluding carboxylic acids is 1. The second-order valence-electron chi connectivity index (χ2n) is 2.60. The number of halogens is 1. The quantitative estimate of drug-likeness (QED) is 0.679. The maximum absolute atomic E-state index is 11.1. The summed E-state index contributed by atoms with van der Waals surface area (Å²) in [7, 11) is 0. The molecule has 0 saturated carbocycles. The lowest BCUT2D eigenvalue weighted by Crippen LogP contribution is -2.09. The zero-order valence-corrected chi connectivity index (χ0v) is 9.82. The highest BCUT2D eigenvalue weighted by Crippen LogP contribution is 2.16. The average Bonchev–Trinajstić information content (AvgIpc) is 2.10. The van der Waals surface area contributed by atoms with Crippen LogP contribution in [0.5, 0.6) is 5.75 Å². The number of pyridine rings is 1. The molecule has 0 bridgehead atoms. The molecule has 0 fully saturated rings. The molecule has 0 unspecified atom stereocenters. The molecular weight excluding hydrogens is 297 g/mol. The minimum absolute atomic E-state index is 0.0991. The first kappa shape index (κ1) is 11.2. The highest BCUT2D eigenvalue weighted by Gasteiger charge is 2.09. The minimum Gasteiger partial charge on any atom is -0.506 e. The minimum atomic E-state index is -0.302. The number of esters is 1. The smallest absolute Gasteiger partial charge is 0.311 e. The zero-order valence-electron chi connectivity index (χ0n) is 7.66. The molecule has 0 spiro atoms. The molecule has 0 aliphatic carbocycles. The lowest BCUT2D eigenvalue weighted by atomic mass is 10.3. The van der Waals surface area contributed by atoms with Gasteiger partial charge in [0.25, 0.3) is 0 Å². The molecule has 76 valence electrons. The van der Waals surface area contributed by atoms with Crippen molar-refractivity contribution >= 4 is 28.6 Å². The van der Waals surface area contributed by atoms with Crippen molar-refractivity contribution in [1.29, 1.82) is 0 Å². The van der Waals surface area contributed by atoms with Crippen LogP contribution in [0, 0.1) is 3.57 Å². The van der Waals surface area contributed by atoms with E-state index >= 15 is 0 Å². The molecule has 0 radical (unpaired) electrons. The fraction of sp³-hybridized carbons (Fsp3) is 0.333. The van der Waals surface area contributed by atoms with Crippen LogP contribution < -0.4 is 0 Å². The van der Waals surface area contributed by atoms with Crippen LogP contribution in [0.2, 0.25) is 0 Å². The lowest BCUT2D eigenvalue weighted by molar-refractivity contribution is -0.142. The normalized spacial score (nSPS) is 9.86. The van der Waals surface area contributed by atoms with Crippen molar-refractivity contribution in [2.24, 2.45) is 0 Å². The van der Waals surface area contributed by atoms with Gasteiger partial charge in [0.05, 0.1) is 24.9 Å². The fourth-order valence-corrected chi connectivity index (χ4v) is 1.58. The molecule has 0 atom stereocenters. The predicted molar refractivity (Wildman–Crippen MR) is 59.0 cm³/mol. The topological polar surface area (TPSA) is 59.4 Å². The van der Waals surface area contributed by atoms with Crippen molar-refractivity contribution in [2.45, 2.75) is 13.3 Å². The van der Waals surface area contributed by atoms with Gasteiger partial charge in [-0.1, -0.05) is 0 Å². The van der Waals surface area contributed by atoms with Gasteiger partial charge in [-0.3, -0.25) is 9.78 Å². The van der Waals surface area contributed by atoms with Crippen LogP contribution in [0.3, 0.4) is 0 Å². The Morgan fingerprint density at radius 1 is 1.71 bits per heavy atom. The van der Waals surface area contributed by atoms with Crippen LogP contribution in [0.15, 0.2) is 12.3 Å². The lowest BCUT2D eigenvalue weighted by Gasteiger charge is -2.03. The molecule has 1 N–H and O–H groups in total. The summed E-state index contributed by atoms with van der Waals surface area (Å²) in [5, 5.41) is 9.09. The second-order valence-corrected chi connectivity index (χ2v) is 3.77. The van der Waals surface area contributed by atoms with Crippen LogP contribution in [-0.2, 0) is 16.0 Å². The van der Waals surface area contributed by atoms with E-state index in [1.807, 2.05) is 22.6 Å². The molecule has 5 heteroatoms. The number of hydrogen-bond donors (Lipinski definition) is 1. The molecule has 1 rings (SSSR count). The van der Waals surface area contributed by atoms with E-state index in [9.17, 15) is 4.79 Å². The van der Waals surface area contributed by atoms with Gasteiger partial charge in [0.2, 0.25) is 0 Å². The van der Waals surface area contributed by atoms with Gasteiger partial charge in [-0.05, 0) is 35.6 Å². The van der Waals surface area contributed by atoms with E-state index in [0.717, 1.165) is 3.57 Å². The van der Waals surface area contributed by atoms with E-state index in [1.54, 1.807) is 13.0 Å². The Hall–Kier alpha value is -0.850. The zero-order chi connectivity index (χ0) is 10.6. The van der Waals surface area contributed by atoms with E-state index in [1.165, 1.54) is 6.20 Å². The third-order valence-electron chi connectivity index (χ3n) is 1.52. The average molecular weight is 307 g/mol. The summed E-state index contributed by atoms with van der Waals surface area (Å²) in [4.78, 5) is 15.1. The molecule has 1 aromatic heterocycles. The maximum atomic E-state index is 11.1. The third kappa shape index (κ3) is 3.13. The summed E-state index contributed by atoms with van der Waals surface area (Å²) in [6.07, 6.45) is 1.46. The number of nitrogens with zero attached hydrogens (tertiary/aromatic N) is 1. The van der Waals surface area contributed by atoms with Crippen molar-refractivity contribution in [3.8, 4) is 5.75 Å². The number of aromatic hydroxyl groups is 1. The monoisotopic (exact) mass is 307 g/mol. The summed E-state index contributed by atoms with van der Waals surface area (Å²) < 4.78 is 5.55. The number of ether oxygens (including phenoxy) is 1. The van der Waals surface area contributed by atoms with Gasteiger partial charge in [0.15, 0.2) is 0 Å². The van der Waals surface area contributed by atoms with Gasteiger partial charge in [0.1, 0.15) is 5.75 Å². The largest absolute Gasteiger partial charge is 0.506 e. The second kappa shape index (κ2) is 5.14. The van der Waals surface area contributed by atoms with Crippen molar-refractivity contribution in [2.75, 3.05) is 6.61 Å². The summed E-state index contributed by atoms with van der Waals surface area (Å²) >= 11 is 2.02. The summed E-state index contributed by atoms with van der Waals surface area (Å²) in [6, 6.07) is 1.56. The molecule has 0 aliphatic heterocycles. The number of aromatic nitrogens is 1. The first-order chi connectivity index (χ1) is 6.63. The van der Waals surface area contributed by atoms with Crippen LogP contribution >= 0.6 is 22.6 Å². The van der Waals surface area contributed by atoms with Crippen LogP contribution in [-0.4, -0.2) is 22.7 Å². The summed E-state index contributed by atoms with van der Waals surface area (Å²) in [5.74, 6) is -0.203. The molecule has 0 aliphatic rings. The molecule has 1 aromatic rings. The summed E-state index contributed by atoms with van der Waals surface area (Å²) in [5.41, 5.74) is 0.627. The number of carbonyl (C=O) groups is 1. The number of rotatable bonds is 3. The molecule has 0 aromatic carbocycles. The van der Waals surface area contributed by atoms with E-state index < -0.39 is 0 Å². The Kier molecular flexibility index (Phi) is 4.12. The van der Waals surface area contributed by atoms with Crippen LogP contribution in [0.1, 0.15) is 12.6 Å². The number of hydrogen-bond acceptors (Lipinski definition) is 4. The van der Waals surface area contributed by atoms with Gasteiger partial charge in [-0.15, -0.1) is 0 Å². The predicted octanol–water partition coefficient (Wildman–Crippen LogP) is 1.50. The van der Waals surface area contributed by atoms with Crippen molar-refractivity contribution < 1.29 is 14.6 Å². The molecular formula is C9H10INO3. The first-order valence-electron chi connectivity index (χ1n) is 4.12. The van der Waals surface area contributed by atoms with Crippen molar-refractivity contribution in [1.82, 2.24) is 4.98 Å². The molecule has 0 amide bonds. The maximum Gasteiger partial charge on any atom is 0.311 e. The third-order valence-corrected chi connectivity index (χ3v) is 2.45. The SMILES string of the molecule is CCOC(=O)Cc1ncc(O)cc1I. The van der Waals surface area contributed by atoms with Crippen molar-refractivity contribution in [3.63, 3.8) is 0 Å².